The van der Waals surface area contributed by atoms with Gasteiger partial charge in [-0.15, -0.1) is 0 Å². The Bertz CT molecular complexity index is 1200. The highest BCUT2D eigenvalue weighted by Crippen LogP contribution is 2.32. The summed E-state index contributed by atoms with van der Waals surface area (Å²) < 4.78 is 76.8. The maximum atomic E-state index is 13.0. The lowest BCUT2D eigenvalue weighted by molar-refractivity contribution is -0.145. The van der Waals surface area contributed by atoms with Crippen molar-refractivity contribution in [1.29, 1.82) is 0 Å². The molecule has 13 heteroatoms. The van der Waals surface area contributed by atoms with Gasteiger partial charge >= 0.3 is 18.1 Å². The molecular formula is C38H56F3NO9. The molecule has 0 aliphatic carbocycles. The minimum Gasteiger partial charge on any atom is -0.463 e. The molecule has 2 aromatic carbocycles. The summed E-state index contributed by atoms with van der Waals surface area (Å²) in [4.78, 5) is 24.4. The molecular weight excluding hydrogens is 671 g/mol. The molecule has 288 valence electrons. The van der Waals surface area contributed by atoms with Crippen LogP contribution < -0.4 is 5.32 Å². The SMILES string of the molecule is CCCCCCCCCCCC(=O)OCCOCCOCCOCCOCCOCCOC(=O)c1ccccc1Nc1cccc(C(F)(F)F)c1. The first-order valence-electron chi connectivity index (χ1n) is 18.1. The third-order valence-electron chi connectivity index (χ3n) is 7.54. The van der Waals surface area contributed by atoms with E-state index in [1.165, 1.54) is 63.1 Å². The number of benzene rings is 2. The van der Waals surface area contributed by atoms with Gasteiger partial charge in [-0.3, -0.25) is 4.79 Å². The van der Waals surface area contributed by atoms with Crippen LogP contribution in [0.1, 0.15) is 87.1 Å². The third-order valence-corrected chi connectivity index (χ3v) is 7.54. The lowest BCUT2D eigenvalue weighted by atomic mass is 10.1. The van der Waals surface area contributed by atoms with Crippen molar-refractivity contribution in [2.75, 3.05) is 84.6 Å². The zero-order chi connectivity index (χ0) is 36.8. The second kappa shape index (κ2) is 28.4. The lowest BCUT2D eigenvalue weighted by Gasteiger charge is -2.13. The van der Waals surface area contributed by atoms with Crippen molar-refractivity contribution >= 4 is 23.3 Å². The summed E-state index contributed by atoms with van der Waals surface area (Å²) in [5.74, 6) is -0.794. The van der Waals surface area contributed by atoms with Gasteiger partial charge in [0.25, 0.3) is 0 Å². The number of para-hydroxylation sites is 1. The Labute approximate surface area is 300 Å². The van der Waals surface area contributed by atoms with E-state index in [9.17, 15) is 22.8 Å². The first-order chi connectivity index (χ1) is 24.8. The van der Waals surface area contributed by atoms with Crippen molar-refractivity contribution < 1.29 is 55.9 Å². The Morgan fingerprint density at radius 2 is 1.08 bits per heavy atom. The molecule has 0 atom stereocenters. The first-order valence-corrected chi connectivity index (χ1v) is 18.1. The fourth-order valence-corrected chi connectivity index (χ4v) is 4.82. The van der Waals surface area contributed by atoms with Crippen molar-refractivity contribution in [3.63, 3.8) is 0 Å². The molecule has 0 heterocycles. The quantitative estimate of drug-likeness (QED) is 0.0604. The van der Waals surface area contributed by atoms with E-state index in [2.05, 4.69) is 12.2 Å². The molecule has 0 fully saturated rings. The van der Waals surface area contributed by atoms with E-state index in [1.54, 1.807) is 18.2 Å². The van der Waals surface area contributed by atoms with E-state index in [0.717, 1.165) is 25.0 Å². The number of hydrogen-bond donors (Lipinski definition) is 1. The molecule has 0 aliphatic heterocycles. The maximum absolute atomic E-state index is 13.0. The van der Waals surface area contributed by atoms with Crippen LogP contribution in [-0.4, -0.2) is 91.2 Å². The fraction of sp³-hybridized carbons (Fsp3) is 0.632. The van der Waals surface area contributed by atoms with Gasteiger partial charge in [-0.25, -0.2) is 4.79 Å². The summed E-state index contributed by atoms with van der Waals surface area (Å²) in [6.45, 7) is 6.06. The molecule has 0 spiro atoms. The van der Waals surface area contributed by atoms with Gasteiger partial charge in [-0.1, -0.05) is 76.5 Å². The number of rotatable bonds is 31. The Kier molecular flexibility index (Phi) is 24.4. The molecule has 2 rings (SSSR count). The van der Waals surface area contributed by atoms with Crippen LogP contribution in [-0.2, 0) is 44.1 Å². The molecule has 0 saturated heterocycles. The molecule has 51 heavy (non-hydrogen) atoms. The highest BCUT2D eigenvalue weighted by Gasteiger charge is 2.30. The number of halogens is 3. The second-order valence-corrected chi connectivity index (χ2v) is 11.7. The van der Waals surface area contributed by atoms with Gasteiger partial charge in [0.05, 0.1) is 82.9 Å². The fourth-order valence-electron chi connectivity index (χ4n) is 4.82. The second-order valence-electron chi connectivity index (χ2n) is 11.7. The molecule has 0 radical (unpaired) electrons. The summed E-state index contributed by atoms with van der Waals surface area (Å²) >= 11 is 0. The van der Waals surface area contributed by atoms with Crippen LogP contribution in [0, 0.1) is 0 Å². The topological polar surface area (TPSA) is 111 Å². The number of nitrogens with one attached hydrogen (secondary N) is 1. The van der Waals surface area contributed by atoms with E-state index >= 15 is 0 Å². The summed E-state index contributed by atoms with van der Waals surface area (Å²) in [6.07, 6.45) is 6.91. The smallest absolute Gasteiger partial charge is 0.416 e. The molecule has 10 nitrogen and oxygen atoms in total. The van der Waals surface area contributed by atoms with E-state index < -0.39 is 17.7 Å². The van der Waals surface area contributed by atoms with Gasteiger partial charge in [-0.2, -0.15) is 13.2 Å². The predicted octanol–water partition coefficient (Wildman–Crippen LogP) is 8.15. The molecule has 0 bridgehead atoms. The molecule has 0 aliphatic rings. The summed E-state index contributed by atoms with van der Waals surface area (Å²) in [7, 11) is 0. The standard InChI is InChI=1S/C38H56F3NO9/c1-2-3-4-5-6-7-8-9-10-18-36(43)50-29-27-48-25-23-46-21-19-45-20-22-47-24-26-49-28-30-51-37(44)34-16-11-12-17-35(34)42-33-15-13-14-32(31-33)38(39,40)41/h11-17,31,42H,2-10,18-30H2,1H3. The number of carbonyl (C=O) groups is 2. The molecule has 0 amide bonds. The van der Waals surface area contributed by atoms with Gasteiger partial charge in [-0.05, 0) is 36.8 Å². The van der Waals surface area contributed by atoms with Crippen molar-refractivity contribution in [3.05, 3.63) is 59.7 Å². The largest absolute Gasteiger partial charge is 0.463 e. The highest BCUT2D eigenvalue weighted by atomic mass is 19.4. The Morgan fingerprint density at radius 3 is 1.63 bits per heavy atom. The normalized spacial score (nSPS) is 11.5. The zero-order valence-electron chi connectivity index (χ0n) is 30.0. The van der Waals surface area contributed by atoms with Crippen molar-refractivity contribution in [2.45, 2.75) is 77.3 Å². The minimum absolute atomic E-state index is 0.00221. The Balaban J connectivity index is 1.35. The number of carbonyl (C=O) groups excluding carboxylic acids is 2. The summed E-state index contributed by atoms with van der Waals surface area (Å²) in [6, 6.07) is 11.1. The number of anilines is 2. The number of unbranched alkanes of at least 4 members (excludes halogenated alkanes) is 8. The van der Waals surface area contributed by atoms with Crippen LogP contribution in [0.2, 0.25) is 0 Å². The van der Waals surface area contributed by atoms with Gasteiger partial charge in [0, 0.05) is 12.1 Å². The predicted molar refractivity (Wildman–Crippen MR) is 188 cm³/mol. The number of hydrogen-bond acceptors (Lipinski definition) is 10. The lowest BCUT2D eigenvalue weighted by Crippen LogP contribution is -2.16. The molecule has 1 N–H and O–H groups in total. The van der Waals surface area contributed by atoms with Crippen LogP contribution in [0.25, 0.3) is 0 Å². The molecule has 0 unspecified atom stereocenters. The van der Waals surface area contributed by atoms with Crippen LogP contribution >= 0.6 is 0 Å². The molecule has 0 aromatic heterocycles. The zero-order valence-corrected chi connectivity index (χ0v) is 30.0. The molecule has 0 saturated carbocycles. The van der Waals surface area contributed by atoms with Crippen LogP contribution in [0.4, 0.5) is 24.5 Å². The van der Waals surface area contributed by atoms with Gasteiger partial charge in [0.15, 0.2) is 0 Å². The summed E-state index contributed by atoms with van der Waals surface area (Å²) in [5.41, 5.74) is -0.0898. The van der Waals surface area contributed by atoms with Crippen molar-refractivity contribution in [2.24, 2.45) is 0 Å². The van der Waals surface area contributed by atoms with E-state index in [1.807, 2.05) is 0 Å². The van der Waals surface area contributed by atoms with Crippen molar-refractivity contribution in [3.8, 4) is 0 Å². The molecule has 2 aromatic rings. The van der Waals surface area contributed by atoms with E-state index in [-0.39, 0.29) is 37.0 Å². The monoisotopic (exact) mass is 727 g/mol. The van der Waals surface area contributed by atoms with E-state index in [0.29, 0.717) is 71.6 Å². The number of alkyl halides is 3. The Hall–Kier alpha value is -3.23. The van der Waals surface area contributed by atoms with Crippen LogP contribution in [0.15, 0.2) is 48.5 Å². The van der Waals surface area contributed by atoms with E-state index in [4.69, 9.17) is 33.2 Å². The Morgan fingerprint density at radius 1 is 0.588 bits per heavy atom. The van der Waals surface area contributed by atoms with Gasteiger partial charge in [0.1, 0.15) is 13.2 Å². The maximum Gasteiger partial charge on any atom is 0.416 e. The van der Waals surface area contributed by atoms with Gasteiger partial charge in [0.2, 0.25) is 0 Å². The first kappa shape index (κ1) is 43.9. The minimum atomic E-state index is -4.48. The third kappa shape index (κ3) is 22.3. The number of ether oxygens (including phenoxy) is 7. The average molecular weight is 728 g/mol. The average Bonchev–Trinajstić information content (AvgIpc) is 3.11. The van der Waals surface area contributed by atoms with Crippen LogP contribution in [0.5, 0.6) is 0 Å². The van der Waals surface area contributed by atoms with Gasteiger partial charge < -0.3 is 38.5 Å². The number of esters is 2. The highest BCUT2D eigenvalue weighted by molar-refractivity contribution is 5.96. The van der Waals surface area contributed by atoms with Crippen LogP contribution in [0.3, 0.4) is 0 Å². The van der Waals surface area contributed by atoms with Crippen molar-refractivity contribution in [1.82, 2.24) is 0 Å². The summed E-state index contributed by atoms with van der Waals surface area (Å²) in [5, 5.41) is 2.86.